The number of ether oxygens (including phenoxy) is 1. The molecular formula is C22H15F3N3O3-. The number of carbonyl (C=O) groups excluding carboxylic acids is 1. The summed E-state index contributed by atoms with van der Waals surface area (Å²) in [6, 6.07) is 12.7. The van der Waals surface area contributed by atoms with Crippen molar-refractivity contribution in [2.24, 2.45) is 0 Å². The van der Waals surface area contributed by atoms with E-state index in [0.29, 0.717) is 22.7 Å². The number of carboxylic acid groups (broad SMARTS) is 1. The van der Waals surface area contributed by atoms with E-state index in [9.17, 15) is 23.1 Å². The number of aryl methyl sites for hydroxylation is 1. The molecule has 0 bridgehead atoms. The summed E-state index contributed by atoms with van der Waals surface area (Å²) < 4.78 is 45.9. The maximum Gasteiger partial charge on any atom is 0.416 e. The van der Waals surface area contributed by atoms with Crippen LogP contribution in [0, 0.1) is 6.92 Å². The van der Waals surface area contributed by atoms with Gasteiger partial charge in [-0.15, -0.1) is 0 Å². The quantitative estimate of drug-likeness (QED) is 0.496. The molecule has 31 heavy (non-hydrogen) atoms. The fraction of sp³-hybridized carbons (Fsp3) is 0.136. The maximum absolute atomic E-state index is 13.2. The van der Waals surface area contributed by atoms with E-state index in [0.717, 1.165) is 12.1 Å². The van der Waals surface area contributed by atoms with Gasteiger partial charge in [0.15, 0.2) is 5.65 Å². The Bertz CT molecular complexity index is 1300. The van der Waals surface area contributed by atoms with Crippen molar-refractivity contribution in [3.05, 3.63) is 71.4 Å². The van der Waals surface area contributed by atoms with Gasteiger partial charge < -0.3 is 14.6 Å². The number of methoxy groups -OCH3 is 1. The predicted octanol–water partition coefficient (Wildman–Crippen LogP) is 3.79. The molecule has 0 fully saturated rings. The fourth-order valence-corrected chi connectivity index (χ4v) is 3.35. The Balaban J connectivity index is 1.98. The van der Waals surface area contributed by atoms with Crippen molar-refractivity contribution in [1.29, 1.82) is 0 Å². The lowest BCUT2D eigenvalue weighted by molar-refractivity contribution is -0.254. The lowest BCUT2D eigenvalue weighted by Gasteiger charge is -2.11. The van der Waals surface area contributed by atoms with Crippen LogP contribution in [0.1, 0.15) is 21.6 Å². The van der Waals surface area contributed by atoms with Crippen molar-refractivity contribution in [2.45, 2.75) is 13.1 Å². The van der Waals surface area contributed by atoms with Crippen LogP contribution in [0.5, 0.6) is 5.75 Å². The number of carbonyl (C=O) groups is 1. The second-order valence-electron chi connectivity index (χ2n) is 6.81. The molecule has 158 valence electrons. The Morgan fingerprint density at radius 3 is 2.42 bits per heavy atom. The second-order valence-corrected chi connectivity index (χ2v) is 6.81. The Kier molecular flexibility index (Phi) is 4.88. The van der Waals surface area contributed by atoms with Gasteiger partial charge in [-0.05, 0) is 55.5 Å². The van der Waals surface area contributed by atoms with Crippen molar-refractivity contribution >= 4 is 17.0 Å². The Labute approximate surface area is 174 Å². The monoisotopic (exact) mass is 426 g/mol. The zero-order chi connectivity index (χ0) is 22.3. The molecule has 0 aliphatic rings. The molecule has 0 aliphatic heterocycles. The fourth-order valence-electron chi connectivity index (χ4n) is 3.35. The summed E-state index contributed by atoms with van der Waals surface area (Å²) in [6.07, 6.45) is -4.54. The molecule has 2 aromatic heterocycles. The predicted molar refractivity (Wildman–Crippen MR) is 105 cm³/mol. The topological polar surface area (TPSA) is 80.1 Å². The second kappa shape index (κ2) is 7.42. The van der Waals surface area contributed by atoms with Gasteiger partial charge in [-0.25, -0.2) is 9.67 Å². The first kappa shape index (κ1) is 20.4. The third kappa shape index (κ3) is 3.70. The number of nitrogens with zero attached hydrogens (tertiary/aromatic N) is 3. The Morgan fingerprint density at radius 1 is 1.10 bits per heavy atom. The van der Waals surface area contributed by atoms with Crippen LogP contribution in [0.2, 0.25) is 0 Å². The average molecular weight is 426 g/mol. The minimum Gasteiger partial charge on any atom is -0.545 e. The number of fused-ring (bicyclic) bond motifs is 1. The van der Waals surface area contributed by atoms with Gasteiger partial charge in [-0.2, -0.15) is 18.3 Å². The van der Waals surface area contributed by atoms with Crippen LogP contribution < -0.4 is 9.84 Å². The van der Waals surface area contributed by atoms with Gasteiger partial charge >= 0.3 is 6.18 Å². The van der Waals surface area contributed by atoms with Crippen LogP contribution in [0.15, 0.2) is 54.6 Å². The normalized spacial score (nSPS) is 11.6. The van der Waals surface area contributed by atoms with Gasteiger partial charge in [0, 0.05) is 11.1 Å². The lowest BCUT2D eigenvalue weighted by Crippen LogP contribution is -2.23. The van der Waals surface area contributed by atoms with Crippen LogP contribution in [-0.4, -0.2) is 27.8 Å². The highest BCUT2D eigenvalue weighted by atomic mass is 19.4. The minimum atomic E-state index is -4.54. The van der Waals surface area contributed by atoms with Gasteiger partial charge in [0.25, 0.3) is 0 Å². The van der Waals surface area contributed by atoms with Crippen molar-refractivity contribution in [2.75, 3.05) is 7.11 Å². The largest absolute Gasteiger partial charge is 0.545 e. The van der Waals surface area contributed by atoms with E-state index >= 15 is 0 Å². The summed E-state index contributed by atoms with van der Waals surface area (Å²) in [5.74, 6) is -0.830. The van der Waals surface area contributed by atoms with Crippen LogP contribution in [0.25, 0.3) is 28.0 Å². The van der Waals surface area contributed by atoms with Crippen molar-refractivity contribution in [3.63, 3.8) is 0 Å². The smallest absolute Gasteiger partial charge is 0.416 e. The number of carboxylic acids is 1. The highest BCUT2D eigenvalue weighted by molar-refractivity contribution is 6.03. The first-order valence-corrected chi connectivity index (χ1v) is 9.13. The molecule has 0 aliphatic carbocycles. The summed E-state index contributed by atoms with van der Waals surface area (Å²) in [5.41, 5.74) is 0.438. The molecule has 0 spiro atoms. The molecule has 0 amide bonds. The van der Waals surface area contributed by atoms with Crippen LogP contribution in [-0.2, 0) is 6.18 Å². The van der Waals surface area contributed by atoms with Gasteiger partial charge in [0.1, 0.15) is 5.75 Å². The van der Waals surface area contributed by atoms with E-state index in [1.165, 1.54) is 30.0 Å². The summed E-state index contributed by atoms with van der Waals surface area (Å²) in [6.45, 7) is 1.56. The van der Waals surface area contributed by atoms with E-state index in [4.69, 9.17) is 4.74 Å². The molecule has 0 saturated heterocycles. The molecule has 4 rings (SSSR count). The number of benzene rings is 2. The van der Waals surface area contributed by atoms with Crippen molar-refractivity contribution in [3.8, 4) is 22.7 Å². The Hall–Kier alpha value is -3.88. The van der Waals surface area contributed by atoms with E-state index in [1.54, 1.807) is 31.2 Å². The summed E-state index contributed by atoms with van der Waals surface area (Å²) >= 11 is 0. The van der Waals surface area contributed by atoms with Crippen LogP contribution in [0.4, 0.5) is 13.2 Å². The molecule has 0 atom stereocenters. The van der Waals surface area contributed by atoms with E-state index in [-0.39, 0.29) is 22.3 Å². The van der Waals surface area contributed by atoms with Gasteiger partial charge in [-0.1, -0.05) is 6.07 Å². The van der Waals surface area contributed by atoms with Crippen molar-refractivity contribution < 1.29 is 27.8 Å². The summed E-state index contributed by atoms with van der Waals surface area (Å²) in [4.78, 5) is 16.4. The zero-order valence-electron chi connectivity index (χ0n) is 16.4. The van der Waals surface area contributed by atoms with E-state index in [1.807, 2.05) is 0 Å². The molecule has 6 nitrogen and oxygen atoms in total. The summed E-state index contributed by atoms with van der Waals surface area (Å²) in [7, 11) is 1.52. The van der Waals surface area contributed by atoms with Gasteiger partial charge in [-0.3, -0.25) is 0 Å². The molecule has 0 unspecified atom stereocenters. The van der Waals surface area contributed by atoms with Gasteiger partial charge in [0.05, 0.1) is 41.1 Å². The third-order valence-electron chi connectivity index (χ3n) is 4.84. The SMILES string of the molecule is COc1ccc(-c2cc(C(=O)[O-])c3c(C)nn(-c4cccc(C(F)(F)F)c4)c3n2)cc1. The van der Waals surface area contributed by atoms with E-state index in [2.05, 4.69) is 10.1 Å². The average Bonchev–Trinajstić information content (AvgIpc) is 3.09. The molecule has 0 radical (unpaired) electrons. The molecule has 2 heterocycles. The number of alkyl halides is 3. The maximum atomic E-state index is 13.2. The highest BCUT2D eigenvalue weighted by Gasteiger charge is 2.31. The van der Waals surface area contributed by atoms with Gasteiger partial charge in [0.2, 0.25) is 0 Å². The first-order valence-electron chi connectivity index (χ1n) is 9.13. The minimum absolute atomic E-state index is 0.108. The number of rotatable bonds is 4. The molecule has 2 aromatic carbocycles. The number of aromatic carboxylic acids is 1. The number of pyridine rings is 1. The number of hydrogen-bond acceptors (Lipinski definition) is 5. The molecule has 4 aromatic rings. The summed E-state index contributed by atoms with van der Waals surface area (Å²) in [5, 5.41) is 16.3. The molecular weight excluding hydrogens is 411 g/mol. The van der Waals surface area contributed by atoms with Crippen LogP contribution >= 0.6 is 0 Å². The van der Waals surface area contributed by atoms with Crippen molar-refractivity contribution in [1.82, 2.24) is 14.8 Å². The standard InChI is InChI=1S/C22H16F3N3O3/c1-12-19-17(21(29)30)11-18(13-6-8-16(31-2)9-7-13)26-20(19)28(27-12)15-5-3-4-14(10-15)22(23,24)25/h3-11H,1-2H3,(H,29,30)/p-1. The molecule has 0 N–H and O–H groups in total. The number of halogens is 3. The molecule has 0 saturated carbocycles. The zero-order valence-corrected chi connectivity index (χ0v) is 16.4. The number of hydrogen-bond donors (Lipinski definition) is 0. The van der Waals surface area contributed by atoms with E-state index < -0.39 is 17.7 Å². The van der Waals surface area contributed by atoms with Crippen LogP contribution in [0.3, 0.4) is 0 Å². The number of aromatic nitrogens is 3. The molecule has 9 heteroatoms. The first-order chi connectivity index (χ1) is 14.7. The lowest BCUT2D eigenvalue weighted by atomic mass is 10.1. The Morgan fingerprint density at radius 2 is 1.81 bits per heavy atom. The highest BCUT2D eigenvalue weighted by Crippen LogP contribution is 2.33. The third-order valence-corrected chi connectivity index (χ3v) is 4.84.